The predicted octanol–water partition coefficient (Wildman–Crippen LogP) is 4.22. The number of hydrogen-bond donors (Lipinski definition) is 0. The molecule has 2 aromatic carbocycles. The van der Waals surface area contributed by atoms with E-state index in [9.17, 15) is 4.79 Å². The van der Waals surface area contributed by atoms with Crippen LogP contribution >= 0.6 is 23.2 Å². The molecule has 0 amide bonds. The summed E-state index contributed by atoms with van der Waals surface area (Å²) in [6.45, 7) is 0.0767. The zero-order valence-corrected chi connectivity index (χ0v) is 11.8. The molecule has 5 heteroatoms. The summed E-state index contributed by atoms with van der Waals surface area (Å²) in [5.41, 5.74) is 1.51. The van der Waals surface area contributed by atoms with E-state index in [2.05, 4.69) is 0 Å². The van der Waals surface area contributed by atoms with E-state index >= 15 is 0 Å². The molecule has 0 radical (unpaired) electrons. The molecule has 0 bridgehead atoms. The van der Waals surface area contributed by atoms with E-state index in [1.54, 1.807) is 30.3 Å². The molecule has 100 valence electrons. The number of ether oxygens (including phenoxy) is 1. The fourth-order valence-electron chi connectivity index (χ4n) is 1.61. The summed E-state index contributed by atoms with van der Waals surface area (Å²) in [5.74, 6) is -0.533. The summed E-state index contributed by atoms with van der Waals surface area (Å²) in [6.07, 6.45) is 0. The van der Waals surface area contributed by atoms with Crippen LogP contribution in [0.5, 0.6) is 0 Å². The molecule has 0 saturated heterocycles. The highest BCUT2D eigenvalue weighted by Crippen LogP contribution is 2.22. The Morgan fingerprint density at radius 2 is 2.00 bits per heavy atom. The van der Waals surface area contributed by atoms with Crippen molar-refractivity contribution in [2.24, 2.45) is 0 Å². The second-order valence-corrected chi connectivity index (χ2v) is 4.86. The summed E-state index contributed by atoms with van der Waals surface area (Å²) >= 11 is 11.7. The molecule has 2 rings (SSSR count). The molecular formula is C15H9Cl2NO2. The summed E-state index contributed by atoms with van der Waals surface area (Å²) in [7, 11) is 0. The van der Waals surface area contributed by atoms with Crippen LogP contribution in [-0.2, 0) is 11.3 Å². The zero-order valence-electron chi connectivity index (χ0n) is 10.3. The van der Waals surface area contributed by atoms with Crippen LogP contribution in [0.3, 0.4) is 0 Å². The molecule has 0 aliphatic rings. The third-order valence-electron chi connectivity index (χ3n) is 2.58. The number of esters is 1. The van der Waals surface area contributed by atoms with E-state index in [-0.39, 0.29) is 17.2 Å². The van der Waals surface area contributed by atoms with Crippen LogP contribution < -0.4 is 0 Å². The van der Waals surface area contributed by atoms with Gasteiger partial charge in [0.2, 0.25) is 0 Å². The Morgan fingerprint density at radius 3 is 2.70 bits per heavy atom. The minimum Gasteiger partial charge on any atom is -0.457 e. The fraction of sp³-hybridized carbons (Fsp3) is 0.0667. The van der Waals surface area contributed by atoms with Gasteiger partial charge in [0.25, 0.3) is 0 Å². The third-order valence-corrected chi connectivity index (χ3v) is 3.12. The smallest absolute Gasteiger partial charge is 0.339 e. The highest BCUT2D eigenvalue weighted by Gasteiger charge is 2.12. The van der Waals surface area contributed by atoms with Gasteiger partial charge in [-0.3, -0.25) is 0 Å². The first-order chi connectivity index (χ1) is 9.60. The van der Waals surface area contributed by atoms with Gasteiger partial charge in [-0.05, 0) is 35.9 Å². The van der Waals surface area contributed by atoms with Crippen LogP contribution in [0.4, 0.5) is 0 Å². The largest absolute Gasteiger partial charge is 0.457 e. The molecule has 20 heavy (non-hydrogen) atoms. The van der Waals surface area contributed by atoms with Crippen molar-refractivity contribution in [1.29, 1.82) is 5.26 Å². The lowest BCUT2D eigenvalue weighted by molar-refractivity contribution is 0.0473. The average Bonchev–Trinajstić information content (AvgIpc) is 2.45. The number of benzene rings is 2. The second-order valence-electron chi connectivity index (χ2n) is 4.01. The minimum atomic E-state index is -0.533. The van der Waals surface area contributed by atoms with Crippen LogP contribution in [0.1, 0.15) is 21.5 Å². The summed E-state index contributed by atoms with van der Waals surface area (Å²) in [6, 6.07) is 13.4. The molecule has 0 aliphatic heterocycles. The summed E-state index contributed by atoms with van der Waals surface area (Å²) < 4.78 is 5.16. The van der Waals surface area contributed by atoms with Gasteiger partial charge >= 0.3 is 5.97 Å². The van der Waals surface area contributed by atoms with Crippen molar-refractivity contribution in [1.82, 2.24) is 0 Å². The van der Waals surface area contributed by atoms with Gasteiger partial charge in [0, 0.05) is 5.02 Å². The molecule has 0 atom stereocenters. The van der Waals surface area contributed by atoms with Crippen LogP contribution in [0, 0.1) is 11.3 Å². The first-order valence-corrected chi connectivity index (χ1v) is 6.47. The first kappa shape index (κ1) is 14.4. The Hall–Kier alpha value is -2.02. The average molecular weight is 306 g/mol. The van der Waals surface area contributed by atoms with Crippen molar-refractivity contribution in [3.05, 3.63) is 69.2 Å². The van der Waals surface area contributed by atoms with E-state index in [4.69, 9.17) is 33.2 Å². The molecular weight excluding hydrogens is 297 g/mol. The van der Waals surface area contributed by atoms with Gasteiger partial charge in [-0.15, -0.1) is 0 Å². The Labute approximate surface area is 126 Å². The molecule has 3 nitrogen and oxygen atoms in total. The van der Waals surface area contributed by atoms with Crippen molar-refractivity contribution in [3.63, 3.8) is 0 Å². The van der Waals surface area contributed by atoms with Crippen molar-refractivity contribution < 1.29 is 9.53 Å². The maximum Gasteiger partial charge on any atom is 0.339 e. The number of hydrogen-bond acceptors (Lipinski definition) is 3. The first-order valence-electron chi connectivity index (χ1n) is 5.71. The predicted molar refractivity (Wildman–Crippen MR) is 76.7 cm³/mol. The van der Waals surface area contributed by atoms with Gasteiger partial charge in [0.1, 0.15) is 6.61 Å². The standard InChI is InChI=1S/C15H9Cl2NO2/c16-12-4-5-13(14(17)7-12)15(19)20-9-11-3-1-2-10(6-11)8-18/h1-7H,9H2. The summed E-state index contributed by atoms with van der Waals surface area (Å²) in [5, 5.41) is 9.49. The van der Waals surface area contributed by atoms with E-state index in [1.165, 1.54) is 12.1 Å². The van der Waals surface area contributed by atoms with E-state index in [1.807, 2.05) is 6.07 Å². The Bertz CT molecular complexity index is 693. The highest BCUT2D eigenvalue weighted by atomic mass is 35.5. The van der Waals surface area contributed by atoms with Gasteiger partial charge in [-0.1, -0.05) is 35.3 Å². The van der Waals surface area contributed by atoms with Crippen molar-refractivity contribution in [2.45, 2.75) is 6.61 Å². The zero-order chi connectivity index (χ0) is 14.5. The van der Waals surface area contributed by atoms with Crippen LogP contribution in [0.2, 0.25) is 10.0 Å². The van der Waals surface area contributed by atoms with Crippen molar-refractivity contribution >= 4 is 29.2 Å². The molecule has 0 heterocycles. The Balaban J connectivity index is 2.07. The van der Waals surface area contributed by atoms with E-state index in [0.717, 1.165) is 5.56 Å². The maximum absolute atomic E-state index is 11.9. The quantitative estimate of drug-likeness (QED) is 0.798. The topological polar surface area (TPSA) is 50.1 Å². The number of nitriles is 1. The number of carbonyl (C=O) groups excluding carboxylic acids is 1. The van der Waals surface area contributed by atoms with Gasteiger partial charge < -0.3 is 4.74 Å². The lowest BCUT2D eigenvalue weighted by atomic mass is 10.1. The molecule has 0 spiro atoms. The highest BCUT2D eigenvalue weighted by molar-refractivity contribution is 6.36. The summed E-state index contributed by atoms with van der Waals surface area (Å²) in [4.78, 5) is 11.9. The second kappa shape index (κ2) is 6.42. The number of halogens is 2. The van der Waals surface area contributed by atoms with E-state index < -0.39 is 5.97 Å². The SMILES string of the molecule is N#Cc1cccc(COC(=O)c2ccc(Cl)cc2Cl)c1. The lowest BCUT2D eigenvalue weighted by Gasteiger charge is -2.07. The maximum atomic E-state index is 11.9. The molecule has 0 N–H and O–H groups in total. The van der Waals surface area contributed by atoms with Gasteiger partial charge in [-0.2, -0.15) is 5.26 Å². The van der Waals surface area contributed by atoms with Crippen molar-refractivity contribution in [2.75, 3.05) is 0 Å². The normalized spacial score (nSPS) is 9.85. The molecule has 0 unspecified atom stereocenters. The number of nitrogens with zero attached hydrogens (tertiary/aromatic N) is 1. The molecule has 0 aromatic heterocycles. The molecule has 0 aliphatic carbocycles. The lowest BCUT2D eigenvalue weighted by Crippen LogP contribution is -2.06. The Kier molecular flexibility index (Phi) is 4.62. The van der Waals surface area contributed by atoms with Gasteiger partial charge in [-0.25, -0.2) is 4.79 Å². The van der Waals surface area contributed by atoms with E-state index in [0.29, 0.717) is 10.6 Å². The Morgan fingerprint density at radius 1 is 1.20 bits per heavy atom. The van der Waals surface area contributed by atoms with Gasteiger partial charge in [0.15, 0.2) is 0 Å². The monoisotopic (exact) mass is 305 g/mol. The molecule has 0 fully saturated rings. The van der Waals surface area contributed by atoms with Crippen molar-refractivity contribution in [3.8, 4) is 6.07 Å². The fourth-order valence-corrected chi connectivity index (χ4v) is 2.10. The third kappa shape index (κ3) is 3.51. The number of carbonyl (C=O) groups is 1. The molecule has 0 saturated carbocycles. The van der Waals surface area contributed by atoms with Crippen LogP contribution in [0.15, 0.2) is 42.5 Å². The molecule has 2 aromatic rings. The number of rotatable bonds is 3. The minimum absolute atomic E-state index is 0.0767. The van der Waals surface area contributed by atoms with Crippen LogP contribution in [-0.4, -0.2) is 5.97 Å². The van der Waals surface area contributed by atoms with Crippen LogP contribution in [0.25, 0.3) is 0 Å². The van der Waals surface area contributed by atoms with Gasteiger partial charge in [0.05, 0.1) is 22.2 Å².